The number of hydrogen-bond acceptors (Lipinski definition) is 3. The largest absolute Gasteiger partial charge is 0.480 e. The number of amides is 1. The van der Waals surface area contributed by atoms with Gasteiger partial charge in [0.05, 0.1) is 4.47 Å². The third kappa shape index (κ3) is 7.06. The lowest BCUT2D eigenvalue weighted by atomic mass is 10.0. The summed E-state index contributed by atoms with van der Waals surface area (Å²) in [5.41, 5.74) is 5.99. The molecule has 2 N–H and O–H groups in total. The van der Waals surface area contributed by atoms with E-state index in [0.29, 0.717) is 22.7 Å². The van der Waals surface area contributed by atoms with E-state index < -0.39 is 6.10 Å². The van der Waals surface area contributed by atoms with Gasteiger partial charge in [0.2, 0.25) is 0 Å². The van der Waals surface area contributed by atoms with Crippen LogP contribution >= 0.6 is 28.3 Å². The number of nitrogens with zero attached hydrogens (tertiary/aromatic N) is 1. The first-order valence-corrected chi connectivity index (χ1v) is 8.14. The molecule has 0 bridgehead atoms. The van der Waals surface area contributed by atoms with Crippen LogP contribution in [-0.2, 0) is 4.79 Å². The maximum absolute atomic E-state index is 13.0. The molecule has 1 aromatic rings. The molecule has 7 heteroatoms. The number of carbonyl (C=O) groups is 1. The van der Waals surface area contributed by atoms with Gasteiger partial charge in [-0.1, -0.05) is 13.8 Å². The van der Waals surface area contributed by atoms with Crippen molar-refractivity contribution in [2.75, 3.05) is 13.6 Å². The third-order valence-electron chi connectivity index (χ3n) is 3.58. The van der Waals surface area contributed by atoms with E-state index in [1.54, 1.807) is 18.9 Å². The topological polar surface area (TPSA) is 55.6 Å². The molecule has 0 aromatic heterocycles. The third-order valence-corrected chi connectivity index (χ3v) is 4.20. The number of benzene rings is 1. The molecule has 0 aliphatic carbocycles. The van der Waals surface area contributed by atoms with Gasteiger partial charge in [0, 0.05) is 19.6 Å². The van der Waals surface area contributed by atoms with Crippen LogP contribution in [0.1, 0.15) is 27.2 Å². The average molecular weight is 412 g/mol. The van der Waals surface area contributed by atoms with E-state index in [1.165, 1.54) is 18.2 Å². The van der Waals surface area contributed by atoms with Gasteiger partial charge in [-0.2, -0.15) is 0 Å². The summed E-state index contributed by atoms with van der Waals surface area (Å²) >= 11 is 3.22. The van der Waals surface area contributed by atoms with Crippen molar-refractivity contribution in [2.24, 2.45) is 11.7 Å². The Kier molecular flexibility index (Phi) is 9.73. The van der Waals surface area contributed by atoms with Gasteiger partial charge in [-0.15, -0.1) is 12.4 Å². The van der Waals surface area contributed by atoms with E-state index in [1.807, 2.05) is 0 Å². The molecule has 0 fully saturated rings. The first-order valence-electron chi connectivity index (χ1n) is 7.34. The molecule has 0 saturated carbocycles. The van der Waals surface area contributed by atoms with Crippen LogP contribution in [0.15, 0.2) is 22.7 Å². The van der Waals surface area contributed by atoms with Gasteiger partial charge in [0.15, 0.2) is 6.10 Å². The molecule has 0 heterocycles. The molecule has 0 saturated heterocycles. The van der Waals surface area contributed by atoms with Crippen LogP contribution in [0.5, 0.6) is 5.75 Å². The summed E-state index contributed by atoms with van der Waals surface area (Å²) in [6, 6.07) is 4.16. The fourth-order valence-corrected chi connectivity index (χ4v) is 2.35. The Morgan fingerprint density at radius 1 is 1.39 bits per heavy atom. The Morgan fingerprint density at radius 3 is 2.52 bits per heavy atom. The molecule has 1 aromatic carbocycles. The molecule has 132 valence electrons. The van der Waals surface area contributed by atoms with Crippen molar-refractivity contribution in [3.8, 4) is 5.75 Å². The van der Waals surface area contributed by atoms with E-state index in [9.17, 15) is 9.18 Å². The van der Waals surface area contributed by atoms with Crippen molar-refractivity contribution in [1.82, 2.24) is 4.90 Å². The lowest BCUT2D eigenvalue weighted by Crippen LogP contribution is -2.40. The quantitative estimate of drug-likeness (QED) is 0.746. The van der Waals surface area contributed by atoms with Crippen molar-refractivity contribution in [3.05, 3.63) is 28.5 Å². The molecular weight excluding hydrogens is 387 g/mol. The minimum absolute atomic E-state index is 0. The van der Waals surface area contributed by atoms with Crippen molar-refractivity contribution in [2.45, 2.75) is 39.3 Å². The summed E-state index contributed by atoms with van der Waals surface area (Å²) in [5, 5.41) is 0. The summed E-state index contributed by atoms with van der Waals surface area (Å²) in [6.07, 6.45) is 0.0920. The Hall–Kier alpha value is -0.850. The number of halogens is 3. The Balaban J connectivity index is 0.00000484. The maximum atomic E-state index is 13.0. The molecule has 1 rings (SSSR count). The monoisotopic (exact) mass is 410 g/mol. The number of rotatable bonds is 7. The van der Waals surface area contributed by atoms with Gasteiger partial charge in [-0.25, -0.2) is 4.39 Å². The van der Waals surface area contributed by atoms with Crippen LogP contribution in [0.3, 0.4) is 0 Å². The van der Waals surface area contributed by atoms with Crippen LogP contribution in [0.4, 0.5) is 4.39 Å². The smallest absolute Gasteiger partial charge is 0.263 e. The van der Waals surface area contributed by atoms with E-state index in [-0.39, 0.29) is 30.2 Å². The molecule has 0 aliphatic rings. The highest BCUT2D eigenvalue weighted by Gasteiger charge is 2.21. The SMILES string of the molecule is CC(Oc1ccc(F)cc1Br)C(=O)N(C)CCC(N)C(C)C.Cl. The molecule has 1 amide bonds. The van der Waals surface area contributed by atoms with Crippen molar-refractivity contribution < 1.29 is 13.9 Å². The normalized spacial score (nSPS) is 13.2. The second-order valence-electron chi connectivity index (χ2n) is 5.79. The molecular formula is C16H25BrClFN2O2. The van der Waals surface area contributed by atoms with E-state index >= 15 is 0 Å². The van der Waals surface area contributed by atoms with Crippen molar-refractivity contribution in [1.29, 1.82) is 0 Å². The van der Waals surface area contributed by atoms with E-state index in [2.05, 4.69) is 29.8 Å². The minimum atomic E-state index is -0.651. The zero-order valence-electron chi connectivity index (χ0n) is 13.9. The van der Waals surface area contributed by atoms with Gasteiger partial charge in [-0.05, 0) is 53.4 Å². The molecule has 0 aliphatic heterocycles. The fourth-order valence-electron chi connectivity index (χ4n) is 1.91. The van der Waals surface area contributed by atoms with Gasteiger partial charge >= 0.3 is 0 Å². The van der Waals surface area contributed by atoms with E-state index in [4.69, 9.17) is 10.5 Å². The first-order chi connectivity index (χ1) is 10.2. The highest BCUT2D eigenvalue weighted by Crippen LogP contribution is 2.26. The highest BCUT2D eigenvalue weighted by molar-refractivity contribution is 9.10. The molecule has 0 spiro atoms. The first kappa shape index (κ1) is 22.1. The van der Waals surface area contributed by atoms with Gasteiger partial charge in [0.1, 0.15) is 11.6 Å². The number of ether oxygens (including phenoxy) is 1. The summed E-state index contributed by atoms with van der Waals surface area (Å²) in [5.74, 6) is 0.326. The summed E-state index contributed by atoms with van der Waals surface area (Å²) < 4.78 is 19.1. The second kappa shape index (κ2) is 10.1. The van der Waals surface area contributed by atoms with Crippen molar-refractivity contribution in [3.63, 3.8) is 0 Å². The highest BCUT2D eigenvalue weighted by atomic mass is 79.9. The van der Waals surface area contributed by atoms with Crippen LogP contribution in [0.2, 0.25) is 0 Å². The number of hydrogen-bond donors (Lipinski definition) is 1. The lowest BCUT2D eigenvalue weighted by molar-refractivity contribution is -0.136. The zero-order chi connectivity index (χ0) is 16.9. The van der Waals surface area contributed by atoms with Crippen LogP contribution in [0, 0.1) is 11.7 Å². The Morgan fingerprint density at radius 2 is 2.00 bits per heavy atom. The van der Waals surface area contributed by atoms with Crippen molar-refractivity contribution >= 4 is 34.2 Å². The minimum Gasteiger partial charge on any atom is -0.480 e. The predicted molar refractivity (Wildman–Crippen MR) is 96.5 cm³/mol. The summed E-state index contributed by atoms with van der Waals surface area (Å²) in [7, 11) is 1.73. The van der Waals surface area contributed by atoms with Gasteiger partial charge in [-0.3, -0.25) is 4.79 Å². The molecule has 23 heavy (non-hydrogen) atoms. The standard InChI is InChI=1S/C16H24BrFN2O2.ClH/c1-10(2)14(19)7-8-20(4)16(21)11(3)22-15-6-5-12(18)9-13(15)17;/h5-6,9-11,14H,7-8,19H2,1-4H3;1H. The number of nitrogens with two attached hydrogens (primary N) is 1. The lowest BCUT2D eigenvalue weighted by Gasteiger charge is -2.24. The predicted octanol–water partition coefficient (Wildman–Crippen LogP) is 3.61. The number of carbonyl (C=O) groups excluding carboxylic acids is 1. The summed E-state index contributed by atoms with van der Waals surface area (Å²) in [6.45, 7) is 6.38. The molecule has 2 atom stereocenters. The van der Waals surface area contributed by atoms with Gasteiger partial charge in [0.25, 0.3) is 5.91 Å². The Bertz CT molecular complexity index is 517. The Labute approximate surface area is 152 Å². The molecule has 2 unspecified atom stereocenters. The zero-order valence-corrected chi connectivity index (χ0v) is 16.3. The number of likely N-dealkylation sites (N-methyl/N-ethyl adjacent to an activating group) is 1. The average Bonchev–Trinajstić information content (AvgIpc) is 2.46. The fraction of sp³-hybridized carbons (Fsp3) is 0.562. The van der Waals surface area contributed by atoms with Crippen LogP contribution in [-0.4, -0.2) is 36.5 Å². The van der Waals surface area contributed by atoms with Gasteiger partial charge < -0.3 is 15.4 Å². The second-order valence-corrected chi connectivity index (χ2v) is 6.65. The van der Waals surface area contributed by atoms with Crippen LogP contribution in [0.25, 0.3) is 0 Å². The molecule has 4 nitrogen and oxygen atoms in total. The maximum Gasteiger partial charge on any atom is 0.263 e. The molecule has 0 radical (unpaired) electrons. The van der Waals surface area contributed by atoms with E-state index in [0.717, 1.165) is 6.42 Å². The van der Waals surface area contributed by atoms with Crippen LogP contribution < -0.4 is 10.5 Å². The summed E-state index contributed by atoms with van der Waals surface area (Å²) in [4.78, 5) is 13.9.